The van der Waals surface area contributed by atoms with Crippen LogP contribution in [0.4, 0.5) is 24.5 Å². The maximum Gasteiger partial charge on any atom is 0.573 e. The van der Waals surface area contributed by atoms with Crippen molar-refractivity contribution >= 4 is 46.2 Å². The smallest absolute Gasteiger partial charge is 0.496 e. The third kappa shape index (κ3) is 7.11. The molecule has 2 amide bonds. The molecule has 0 atom stereocenters. The average Bonchev–Trinajstić information content (AvgIpc) is 3.26. The number of para-hydroxylation sites is 3. The lowest BCUT2D eigenvalue weighted by atomic mass is 10.1. The molecule has 0 fully saturated rings. The number of hydrogen-bond acceptors (Lipinski definition) is 8. The molecule has 0 aromatic heterocycles. The van der Waals surface area contributed by atoms with Crippen molar-refractivity contribution in [2.45, 2.75) is 6.36 Å². The Morgan fingerprint density at radius 2 is 1.56 bits per heavy atom. The maximum absolute atomic E-state index is 13.5. The van der Waals surface area contributed by atoms with Crippen molar-refractivity contribution in [3.63, 3.8) is 0 Å². The molecule has 13 heteroatoms. The van der Waals surface area contributed by atoms with Gasteiger partial charge >= 0.3 is 6.36 Å². The summed E-state index contributed by atoms with van der Waals surface area (Å²) in [5, 5.41) is 2.61. The molecule has 0 radical (unpaired) electrons. The number of carbonyl (C=O) groups is 2. The van der Waals surface area contributed by atoms with Gasteiger partial charge in [0.2, 0.25) is 5.91 Å². The first kappa shape index (κ1) is 29.3. The summed E-state index contributed by atoms with van der Waals surface area (Å²) in [4.78, 5) is 32.1. The molecule has 4 rings (SSSR count). The predicted octanol–water partition coefficient (Wildman–Crippen LogP) is 5.73. The fraction of sp³-hybridized carbons (Fsp3) is 0.179. The summed E-state index contributed by atoms with van der Waals surface area (Å²) < 4.78 is 58.4. The Hall–Kier alpha value is -4.65. The normalized spacial score (nSPS) is 14.1. The number of aliphatic imine (C=N–C) groups is 1. The lowest BCUT2D eigenvalue weighted by Crippen LogP contribution is -2.31. The summed E-state index contributed by atoms with van der Waals surface area (Å²) >= 11 is 0.938. The molecule has 0 aliphatic carbocycles. The van der Waals surface area contributed by atoms with Crippen molar-refractivity contribution in [3.05, 3.63) is 78.0 Å². The number of thioether (sulfide) groups is 1. The van der Waals surface area contributed by atoms with Crippen LogP contribution in [0.1, 0.15) is 5.56 Å². The number of rotatable bonds is 9. The van der Waals surface area contributed by atoms with Gasteiger partial charge in [-0.2, -0.15) is 0 Å². The molecule has 214 valence electrons. The van der Waals surface area contributed by atoms with E-state index >= 15 is 0 Å². The van der Waals surface area contributed by atoms with Crippen molar-refractivity contribution in [2.75, 3.05) is 37.3 Å². The average molecular weight is 588 g/mol. The minimum Gasteiger partial charge on any atom is -0.496 e. The van der Waals surface area contributed by atoms with E-state index < -0.39 is 23.9 Å². The van der Waals surface area contributed by atoms with Gasteiger partial charge in [0.25, 0.3) is 5.91 Å². The number of ether oxygens (including phenoxy) is 4. The van der Waals surface area contributed by atoms with Gasteiger partial charge in [-0.3, -0.25) is 14.5 Å². The van der Waals surface area contributed by atoms with Gasteiger partial charge in [-0.15, -0.1) is 13.2 Å². The van der Waals surface area contributed by atoms with Crippen molar-refractivity contribution < 1.29 is 41.7 Å². The summed E-state index contributed by atoms with van der Waals surface area (Å²) in [7, 11) is 4.43. The number of hydrogen-bond donors (Lipinski definition) is 1. The minimum absolute atomic E-state index is 0.0613. The highest BCUT2D eigenvalue weighted by atomic mass is 32.2. The molecule has 0 saturated carbocycles. The SMILES string of the molecule is COc1cc(OC)c(OC)cc1/C=C1/N=C(SCC(=O)Nc2ccccc2OC(F)(F)F)N(c2ccccc2)C1=O. The summed E-state index contributed by atoms with van der Waals surface area (Å²) in [6.45, 7) is 0. The number of amides is 2. The Labute approximate surface area is 237 Å². The molecular formula is C28H24F3N3O6S. The van der Waals surface area contributed by atoms with Crippen LogP contribution in [0.2, 0.25) is 0 Å². The monoisotopic (exact) mass is 587 g/mol. The summed E-state index contributed by atoms with van der Waals surface area (Å²) in [5.41, 5.74) is 0.915. The first-order valence-electron chi connectivity index (χ1n) is 11.9. The van der Waals surface area contributed by atoms with Gasteiger partial charge in [0.1, 0.15) is 11.4 Å². The van der Waals surface area contributed by atoms with Crippen molar-refractivity contribution in [1.82, 2.24) is 0 Å². The second-order valence-corrected chi connectivity index (χ2v) is 9.17. The quantitative estimate of drug-likeness (QED) is 0.320. The van der Waals surface area contributed by atoms with Crippen molar-refractivity contribution in [1.29, 1.82) is 0 Å². The van der Waals surface area contributed by atoms with Gasteiger partial charge in [-0.05, 0) is 36.4 Å². The molecule has 1 aliphatic rings. The molecule has 9 nitrogen and oxygen atoms in total. The third-order valence-electron chi connectivity index (χ3n) is 5.59. The van der Waals surface area contributed by atoms with Gasteiger partial charge in [0.05, 0.1) is 38.5 Å². The number of carbonyl (C=O) groups excluding carboxylic acids is 2. The Kier molecular flexibility index (Phi) is 9.07. The molecule has 0 bridgehead atoms. The van der Waals surface area contributed by atoms with E-state index in [0.717, 1.165) is 17.8 Å². The molecule has 1 aliphatic heterocycles. The Bertz CT molecular complexity index is 1500. The summed E-state index contributed by atoms with van der Waals surface area (Å²) in [6, 6.07) is 17.1. The van der Waals surface area contributed by atoms with Crippen LogP contribution in [0.25, 0.3) is 6.08 Å². The van der Waals surface area contributed by atoms with E-state index in [2.05, 4.69) is 15.0 Å². The van der Waals surface area contributed by atoms with E-state index in [1.807, 2.05) is 0 Å². The van der Waals surface area contributed by atoms with Crippen molar-refractivity contribution in [2.24, 2.45) is 4.99 Å². The Balaban J connectivity index is 1.61. The van der Waals surface area contributed by atoms with Gasteiger partial charge in [-0.25, -0.2) is 4.99 Å². The van der Waals surface area contributed by atoms with Gasteiger partial charge in [0, 0.05) is 11.6 Å². The van der Waals surface area contributed by atoms with Crippen LogP contribution >= 0.6 is 11.8 Å². The van der Waals surface area contributed by atoms with Gasteiger partial charge < -0.3 is 24.3 Å². The summed E-state index contributed by atoms with van der Waals surface area (Å²) in [5.74, 6) is -0.645. The highest BCUT2D eigenvalue weighted by molar-refractivity contribution is 8.14. The molecule has 0 spiro atoms. The molecule has 1 N–H and O–H groups in total. The van der Waals surface area contributed by atoms with Crippen LogP contribution in [0.3, 0.4) is 0 Å². The fourth-order valence-corrected chi connectivity index (χ4v) is 4.62. The standard InChI is InChI=1S/C28H24F3N3O6S/c1-37-22-15-24(39-3)23(38-2)14-17(22)13-20-26(36)34(18-9-5-4-6-10-18)27(33-20)41-16-25(35)32-19-11-7-8-12-21(19)40-28(29,30)31/h4-15H,16H2,1-3H3,(H,32,35)/b20-13+. The lowest BCUT2D eigenvalue weighted by molar-refractivity contribution is -0.274. The van der Waals surface area contributed by atoms with Crippen LogP contribution < -0.4 is 29.2 Å². The van der Waals surface area contributed by atoms with E-state index in [-0.39, 0.29) is 22.3 Å². The molecule has 0 saturated heterocycles. The molecule has 41 heavy (non-hydrogen) atoms. The zero-order valence-corrected chi connectivity index (χ0v) is 22.8. The molecule has 3 aromatic carbocycles. The van der Waals surface area contributed by atoms with Crippen molar-refractivity contribution in [3.8, 4) is 23.0 Å². The fourth-order valence-electron chi connectivity index (χ4n) is 3.81. The second-order valence-electron chi connectivity index (χ2n) is 8.23. The number of nitrogens with one attached hydrogen (secondary N) is 1. The van der Waals surface area contributed by atoms with Crippen LogP contribution in [-0.4, -0.2) is 50.4 Å². The van der Waals surface area contributed by atoms with E-state index in [9.17, 15) is 22.8 Å². The van der Waals surface area contributed by atoms with Crippen LogP contribution in [0.5, 0.6) is 23.0 Å². The van der Waals surface area contributed by atoms with E-state index in [4.69, 9.17) is 14.2 Å². The highest BCUT2D eigenvalue weighted by Gasteiger charge is 2.34. The molecule has 3 aromatic rings. The van der Waals surface area contributed by atoms with Crippen LogP contribution in [-0.2, 0) is 9.59 Å². The van der Waals surface area contributed by atoms with Gasteiger partial charge in [0.15, 0.2) is 22.4 Å². The predicted molar refractivity (Wildman–Crippen MR) is 150 cm³/mol. The van der Waals surface area contributed by atoms with Crippen LogP contribution in [0, 0.1) is 0 Å². The van der Waals surface area contributed by atoms with Crippen LogP contribution in [0.15, 0.2) is 77.4 Å². The zero-order chi connectivity index (χ0) is 29.6. The lowest BCUT2D eigenvalue weighted by Gasteiger charge is -2.18. The number of methoxy groups -OCH3 is 3. The highest BCUT2D eigenvalue weighted by Crippen LogP contribution is 2.37. The maximum atomic E-state index is 13.5. The minimum atomic E-state index is -4.93. The first-order valence-corrected chi connectivity index (χ1v) is 12.9. The third-order valence-corrected chi connectivity index (χ3v) is 6.53. The Morgan fingerprint density at radius 1 is 0.927 bits per heavy atom. The zero-order valence-electron chi connectivity index (χ0n) is 22.0. The largest absolute Gasteiger partial charge is 0.573 e. The molecular weight excluding hydrogens is 563 g/mol. The van der Waals surface area contributed by atoms with E-state index in [0.29, 0.717) is 28.5 Å². The topological polar surface area (TPSA) is 98.7 Å². The van der Waals surface area contributed by atoms with Gasteiger partial charge in [-0.1, -0.05) is 42.1 Å². The number of amidine groups is 1. The Morgan fingerprint density at radius 3 is 2.22 bits per heavy atom. The number of nitrogens with zero attached hydrogens (tertiary/aromatic N) is 2. The number of benzene rings is 3. The number of anilines is 2. The van der Waals surface area contributed by atoms with E-state index in [1.54, 1.807) is 42.5 Å². The second kappa shape index (κ2) is 12.7. The molecule has 0 unspecified atom stereocenters. The molecule has 1 heterocycles. The first-order chi connectivity index (χ1) is 19.6. The summed E-state index contributed by atoms with van der Waals surface area (Å²) in [6.07, 6.45) is -3.40. The number of alkyl halides is 3. The van der Waals surface area contributed by atoms with E-state index in [1.165, 1.54) is 50.5 Å². The number of halogens is 3.